The molecule has 1 aliphatic heterocycles. The Morgan fingerprint density at radius 3 is 2.60 bits per heavy atom. The van der Waals surface area contributed by atoms with E-state index in [1.807, 2.05) is 19.2 Å². The van der Waals surface area contributed by atoms with E-state index < -0.39 is 0 Å². The van der Waals surface area contributed by atoms with Gasteiger partial charge >= 0.3 is 0 Å². The van der Waals surface area contributed by atoms with Crippen molar-refractivity contribution in [2.75, 3.05) is 34.5 Å². The van der Waals surface area contributed by atoms with Gasteiger partial charge in [-0.3, -0.25) is 0 Å². The Kier molecular flexibility index (Phi) is 5.68. The topological polar surface area (TPSA) is 39.7 Å². The van der Waals surface area contributed by atoms with Crippen molar-refractivity contribution in [2.45, 2.75) is 25.3 Å². The summed E-state index contributed by atoms with van der Waals surface area (Å²) >= 11 is 0. The van der Waals surface area contributed by atoms with Gasteiger partial charge in [-0.15, -0.1) is 0 Å². The van der Waals surface area contributed by atoms with Crippen molar-refractivity contribution >= 4 is 0 Å². The molecule has 1 unspecified atom stereocenters. The largest absolute Gasteiger partial charge is 0.493 e. The fourth-order valence-electron chi connectivity index (χ4n) is 2.90. The molecule has 4 nitrogen and oxygen atoms in total. The van der Waals surface area contributed by atoms with E-state index in [1.54, 1.807) is 14.2 Å². The molecule has 0 amide bonds. The fourth-order valence-corrected chi connectivity index (χ4v) is 2.90. The van der Waals surface area contributed by atoms with E-state index in [1.165, 1.54) is 5.56 Å². The van der Waals surface area contributed by atoms with Crippen LogP contribution < -0.4 is 14.8 Å². The summed E-state index contributed by atoms with van der Waals surface area (Å²) in [5, 5.41) is 3.42. The van der Waals surface area contributed by atoms with Gasteiger partial charge < -0.3 is 19.5 Å². The Morgan fingerprint density at radius 2 is 2.00 bits per heavy atom. The molecule has 4 heteroatoms. The van der Waals surface area contributed by atoms with Crippen molar-refractivity contribution in [1.29, 1.82) is 0 Å². The first-order valence-electron chi connectivity index (χ1n) is 7.26. The maximum absolute atomic E-state index is 5.55. The van der Waals surface area contributed by atoms with Gasteiger partial charge in [0.15, 0.2) is 11.5 Å². The third-order valence-electron chi connectivity index (χ3n) is 4.07. The quantitative estimate of drug-likeness (QED) is 0.869. The summed E-state index contributed by atoms with van der Waals surface area (Å²) < 4.78 is 16.4. The van der Waals surface area contributed by atoms with Gasteiger partial charge in [0.1, 0.15) is 0 Å². The average Bonchev–Trinajstić information content (AvgIpc) is 2.52. The SMILES string of the molecule is CNC(CC1CCOCC1)c1cccc(OC)c1OC. The molecule has 0 spiro atoms. The second-order valence-electron chi connectivity index (χ2n) is 5.22. The summed E-state index contributed by atoms with van der Waals surface area (Å²) in [5.74, 6) is 2.33. The standard InChI is InChI=1S/C16H25NO3/c1-17-14(11-12-7-9-20-10-8-12)13-5-4-6-15(18-2)16(13)19-3/h4-6,12,14,17H,7-11H2,1-3H3. The van der Waals surface area contributed by atoms with Crippen molar-refractivity contribution in [1.82, 2.24) is 5.32 Å². The second-order valence-corrected chi connectivity index (χ2v) is 5.22. The lowest BCUT2D eigenvalue weighted by molar-refractivity contribution is 0.0607. The molecule has 20 heavy (non-hydrogen) atoms. The third kappa shape index (κ3) is 3.44. The number of rotatable bonds is 6. The van der Waals surface area contributed by atoms with E-state index in [0.29, 0.717) is 5.92 Å². The fraction of sp³-hybridized carbons (Fsp3) is 0.625. The van der Waals surface area contributed by atoms with Gasteiger partial charge in [-0.05, 0) is 38.3 Å². The van der Waals surface area contributed by atoms with Crippen LogP contribution in [0.4, 0.5) is 0 Å². The number of methoxy groups -OCH3 is 2. The highest BCUT2D eigenvalue weighted by molar-refractivity contribution is 5.48. The zero-order chi connectivity index (χ0) is 14.4. The highest BCUT2D eigenvalue weighted by atomic mass is 16.5. The van der Waals surface area contributed by atoms with Gasteiger partial charge in [0.05, 0.1) is 14.2 Å². The lowest BCUT2D eigenvalue weighted by atomic mass is 9.89. The molecule has 1 N–H and O–H groups in total. The Hall–Kier alpha value is -1.26. The van der Waals surface area contributed by atoms with Gasteiger partial charge in [-0.2, -0.15) is 0 Å². The number of hydrogen-bond acceptors (Lipinski definition) is 4. The maximum atomic E-state index is 5.55. The van der Waals surface area contributed by atoms with Gasteiger partial charge in [0.2, 0.25) is 0 Å². The first-order valence-corrected chi connectivity index (χ1v) is 7.26. The van der Waals surface area contributed by atoms with E-state index >= 15 is 0 Å². The second kappa shape index (κ2) is 7.50. The molecule has 1 fully saturated rings. The molecule has 0 aliphatic carbocycles. The normalized spacial score (nSPS) is 17.8. The summed E-state index contributed by atoms with van der Waals surface area (Å²) in [4.78, 5) is 0. The van der Waals surface area contributed by atoms with Crippen LogP contribution in [0.5, 0.6) is 11.5 Å². The highest BCUT2D eigenvalue weighted by Crippen LogP contribution is 2.37. The number of hydrogen-bond donors (Lipinski definition) is 1. The summed E-state index contributed by atoms with van der Waals surface area (Å²) in [6.45, 7) is 1.77. The van der Waals surface area contributed by atoms with E-state index in [9.17, 15) is 0 Å². The van der Waals surface area contributed by atoms with Crippen molar-refractivity contribution < 1.29 is 14.2 Å². The van der Waals surface area contributed by atoms with Crippen molar-refractivity contribution in [3.63, 3.8) is 0 Å². The molecule has 1 aliphatic rings. The van der Waals surface area contributed by atoms with Crippen LogP contribution in [-0.2, 0) is 4.74 Å². The summed E-state index contributed by atoms with van der Waals surface area (Å²) in [5.41, 5.74) is 1.17. The lowest BCUT2D eigenvalue weighted by Crippen LogP contribution is -2.24. The summed E-state index contributed by atoms with van der Waals surface area (Å²) in [6, 6.07) is 6.35. The highest BCUT2D eigenvalue weighted by Gasteiger charge is 2.23. The molecule has 0 aromatic heterocycles. The molecule has 112 valence electrons. The van der Waals surface area contributed by atoms with Gasteiger partial charge in [0, 0.05) is 24.8 Å². The Bertz CT molecular complexity index is 416. The molecule has 0 radical (unpaired) electrons. The first-order chi connectivity index (χ1) is 9.80. The van der Waals surface area contributed by atoms with Crippen LogP contribution in [0.3, 0.4) is 0 Å². The monoisotopic (exact) mass is 279 g/mol. The lowest BCUT2D eigenvalue weighted by Gasteiger charge is -2.28. The molecule has 0 bridgehead atoms. The van der Waals surface area contributed by atoms with Crippen LogP contribution in [0, 0.1) is 5.92 Å². The van der Waals surface area contributed by atoms with Crippen molar-refractivity contribution in [3.8, 4) is 11.5 Å². The van der Waals surface area contributed by atoms with Crippen molar-refractivity contribution in [2.24, 2.45) is 5.92 Å². The number of para-hydroxylation sites is 1. The van der Waals surface area contributed by atoms with Gasteiger partial charge in [-0.1, -0.05) is 12.1 Å². The molecule has 1 aromatic carbocycles. The molecule has 1 aromatic rings. The van der Waals surface area contributed by atoms with Gasteiger partial charge in [0.25, 0.3) is 0 Å². The third-order valence-corrected chi connectivity index (χ3v) is 4.07. The number of nitrogens with one attached hydrogen (secondary N) is 1. The van der Waals surface area contributed by atoms with E-state index in [2.05, 4.69) is 11.4 Å². The zero-order valence-electron chi connectivity index (χ0n) is 12.6. The smallest absolute Gasteiger partial charge is 0.165 e. The maximum Gasteiger partial charge on any atom is 0.165 e. The molecular formula is C16H25NO3. The van der Waals surface area contributed by atoms with Crippen LogP contribution in [0.25, 0.3) is 0 Å². The molecule has 1 heterocycles. The molecule has 0 saturated carbocycles. The molecule has 1 atom stereocenters. The minimum Gasteiger partial charge on any atom is -0.493 e. The van der Waals surface area contributed by atoms with Crippen molar-refractivity contribution in [3.05, 3.63) is 23.8 Å². The van der Waals surface area contributed by atoms with E-state index in [0.717, 1.165) is 44.0 Å². The summed E-state index contributed by atoms with van der Waals surface area (Å²) in [7, 11) is 5.37. The predicted octanol–water partition coefficient (Wildman–Crippen LogP) is 2.78. The Labute approximate surface area is 121 Å². The Morgan fingerprint density at radius 1 is 1.25 bits per heavy atom. The molecular weight excluding hydrogens is 254 g/mol. The Balaban J connectivity index is 2.17. The van der Waals surface area contributed by atoms with Crippen LogP contribution in [0.2, 0.25) is 0 Å². The average molecular weight is 279 g/mol. The predicted molar refractivity (Wildman–Crippen MR) is 79.5 cm³/mol. The van der Waals surface area contributed by atoms with Crippen LogP contribution in [0.15, 0.2) is 18.2 Å². The van der Waals surface area contributed by atoms with Crippen LogP contribution >= 0.6 is 0 Å². The van der Waals surface area contributed by atoms with E-state index in [-0.39, 0.29) is 6.04 Å². The minimum atomic E-state index is 0.281. The minimum absolute atomic E-state index is 0.281. The van der Waals surface area contributed by atoms with E-state index in [4.69, 9.17) is 14.2 Å². The molecule has 1 saturated heterocycles. The number of benzene rings is 1. The van der Waals surface area contributed by atoms with Crippen LogP contribution in [0.1, 0.15) is 30.9 Å². The molecule has 2 rings (SSSR count). The zero-order valence-corrected chi connectivity index (χ0v) is 12.6. The first kappa shape index (κ1) is 15.1. The van der Waals surface area contributed by atoms with Crippen LogP contribution in [-0.4, -0.2) is 34.5 Å². The number of ether oxygens (including phenoxy) is 3. The van der Waals surface area contributed by atoms with Gasteiger partial charge in [-0.25, -0.2) is 0 Å². The summed E-state index contributed by atoms with van der Waals surface area (Å²) in [6.07, 6.45) is 3.39.